The zero-order chi connectivity index (χ0) is 17.3. The fourth-order valence-corrected chi connectivity index (χ4v) is 2.73. The van der Waals surface area contributed by atoms with Crippen LogP contribution in [0.4, 0.5) is 0 Å². The van der Waals surface area contributed by atoms with E-state index in [1.54, 1.807) is 36.3 Å². The number of carbonyl (C=O) groups is 1. The highest BCUT2D eigenvalue weighted by atomic mass is 16.5. The molecule has 126 valence electrons. The molecule has 3 heterocycles. The molecule has 7 nitrogen and oxygen atoms in total. The number of rotatable bonds is 2. The van der Waals surface area contributed by atoms with Crippen molar-refractivity contribution < 1.29 is 9.53 Å². The number of morpholine rings is 1. The Bertz CT molecular complexity index is 831. The average Bonchev–Trinajstić information content (AvgIpc) is 2.59. The molecule has 1 aliphatic rings. The molecule has 0 bridgehead atoms. The first-order valence-electron chi connectivity index (χ1n) is 7.84. The molecule has 0 radical (unpaired) electrons. The van der Waals surface area contributed by atoms with E-state index in [1.807, 2.05) is 13.8 Å². The van der Waals surface area contributed by atoms with Crippen LogP contribution in [0.15, 0.2) is 29.2 Å². The first-order chi connectivity index (χ1) is 11.5. The van der Waals surface area contributed by atoms with Gasteiger partial charge < -0.3 is 14.2 Å². The van der Waals surface area contributed by atoms with Crippen molar-refractivity contribution in [1.29, 1.82) is 0 Å². The highest BCUT2D eigenvalue weighted by molar-refractivity contribution is 5.94. The van der Waals surface area contributed by atoms with Crippen LogP contribution >= 0.6 is 0 Å². The van der Waals surface area contributed by atoms with Crippen molar-refractivity contribution in [2.45, 2.75) is 20.0 Å². The molecular formula is C17H20N4O3. The van der Waals surface area contributed by atoms with Crippen molar-refractivity contribution in [3.05, 3.63) is 57.5 Å². The molecule has 1 amide bonds. The quantitative estimate of drug-likeness (QED) is 0.822. The van der Waals surface area contributed by atoms with E-state index in [0.29, 0.717) is 25.5 Å². The molecule has 1 saturated heterocycles. The number of aryl methyl sites for hydroxylation is 2. The fourth-order valence-electron chi connectivity index (χ4n) is 2.73. The van der Waals surface area contributed by atoms with Gasteiger partial charge in [0.1, 0.15) is 17.5 Å². The number of nitrogens with zero attached hydrogens (tertiary/aromatic N) is 4. The van der Waals surface area contributed by atoms with Crippen molar-refractivity contribution in [2.24, 2.45) is 7.05 Å². The Labute approximate surface area is 139 Å². The summed E-state index contributed by atoms with van der Waals surface area (Å²) in [7, 11) is 1.67. The van der Waals surface area contributed by atoms with Crippen molar-refractivity contribution >= 4 is 5.91 Å². The Morgan fingerprint density at radius 1 is 1.29 bits per heavy atom. The van der Waals surface area contributed by atoms with Gasteiger partial charge in [-0.3, -0.25) is 9.59 Å². The summed E-state index contributed by atoms with van der Waals surface area (Å²) in [6, 6.07) is 5.16. The Morgan fingerprint density at radius 3 is 2.83 bits per heavy atom. The Kier molecular flexibility index (Phi) is 4.44. The summed E-state index contributed by atoms with van der Waals surface area (Å²) in [5.74, 6) is 0.390. The van der Waals surface area contributed by atoms with E-state index in [-0.39, 0.29) is 23.1 Å². The van der Waals surface area contributed by atoms with Gasteiger partial charge in [0.2, 0.25) is 0 Å². The third-order valence-corrected chi connectivity index (χ3v) is 4.27. The predicted octanol–water partition coefficient (Wildman–Crippen LogP) is 1.01. The van der Waals surface area contributed by atoms with E-state index in [0.717, 1.165) is 11.4 Å². The van der Waals surface area contributed by atoms with Gasteiger partial charge in [-0.1, -0.05) is 0 Å². The average molecular weight is 328 g/mol. The number of aromatic nitrogens is 3. The molecule has 2 aromatic rings. The van der Waals surface area contributed by atoms with Gasteiger partial charge in [-0.05, 0) is 32.0 Å². The topological polar surface area (TPSA) is 77.3 Å². The van der Waals surface area contributed by atoms with Crippen LogP contribution in [0.25, 0.3) is 0 Å². The van der Waals surface area contributed by atoms with Crippen LogP contribution in [0.5, 0.6) is 0 Å². The zero-order valence-corrected chi connectivity index (χ0v) is 14.0. The molecule has 0 unspecified atom stereocenters. The van der Waals surface area contributed by atoms with Gasteiger partial charge in [-0.2, -0.15) is 0 Å². The Morgan fingerprint density at radius 2 is 2.08 bits per heavy atom. The molecule has 1 aliphatic heterocycles. The second kappa shape index (κ2) is 6.52. The largest absolute Gasteiger partial charge is 0.368 e. The number of hydrogen-bond acceptors (Lipinski definition) is 5. The highest BCUT2D eigenvalue weighted by Gasteiger charge is 2.28. The van der Waals surface area contributed by atoms with Crippen LogP contribution in [0.1, 0.15) is 33.7 Å². The summed E-state index contributed by atoms with van der Waals surface area (Å²) >= 11 is 0. The van der Waals surface area contributed by atoms with Crippen molar-refractivity contribution in [3.8, 4) is 0 Å². The van der Waals surface area contributed by atoms with Crippen LogP contribution in [0.2, 0.25) is 0 Å². The van der Waals surface area contributed by atoms with E-state index in [2.05, 4.69) is 9.97 Å². The van der Waals surface area contributed by atoms with E-state index in [9.17, 15) is 9.59 Å². The second-order valence-electron chi connectivity index (χ2n) is 5.89. The molecular weight excluding hydrogens is 308 g/mol. The smallest absolute Gasteiger partial charge is 0.263 e. The molecule has 0 spiro atoms. The van der Waals surface area contributed by atoms with Gasteiger partial charge in [0.15, 0.2) is 0 Å². The Hall–Kier alpha value is -2.54. The first kappa shape index (κ1) is 16.3. The summed E-state index contributed by atoms with van der Waals surface area (Å²) in [4.78, 5) is 35.2. The third kappa shape index (κ3) is 3.07. The van der Waals surface area contributed by atoms with Crippen molar-refractivity contribution in [2.75, 3.05) is 19.7 Å². The number of hydrogen-bond donors (Lipinski definition) is 0. The maximum Gasteiger partial charge on any atom is 0.263 e. The minimum atomic E-state index is -0.307. The molecule has 1 atom stereocenters. The number of carbonyl (C=O) groups excluding carboxylic acids is 1. The van der Waals surface area contributed by atoms with Crippen LogP contribution in [0.3, 0.4) is 0 Å². The van der Waals surface area contributed by atoms with Crippen LogP contribution in [0, 0.1) is 13.8 Å². The van der Waals surface area contributed by atoms with E-state index in [1.165, 1.54) is 4.57 Å². The van der Waals surface area contributed by atoms with Gasteiger partial charge in [0, 0.05) is 25.5 Å². The van der Waals surface area contributed by atoms with Gasteiger partial charge in [0.05, 0.1) is 18.8 Å². The van der Waals surface area contributed by atoms with Gasteiger partial charge in [-0.25, -0.2) is 9.97 Å². The fraction of sp³-hybridized carbons (Fsp3) is 0.412. The lowest BCUT2D eigenvalue weighted by Crippen LogP contribution is -2.44. The maximum absolute atomic E-state index is 12.8. The van der Waals surface area contributed by atoms with E-state index < -0.39 is 0 Å². The van der Waals surface area contributed by atoms with Crippen LogP contribution in [-0.2, 0) is 11.8 Å². The molecule has 0 saturated carbocycles. The standard InChI is InChI=1S/C17H20N4O3/c1-11-4-5-13(16(22)20(11)3)17(23)21-8-9-24-15(10-21)14-6-7-18-12(2)19-14/h4-7,15H,8-10H2,1-3H3/t15-/m1/s1. The van der Waals surface area contributed by atoms with E-state index in [4.69, 9.17) is 4.74 Å². The van der Waals surface area contributed by atoms with Gasteiger partial charge >= 0.3 is 0 Å². The second-order valence-corrected chi connectivity index (χ2v) is 5.89. The molecule has 0 aliphatic carbocycles. The van der Waals surface area contributed by atoms with Gasteiger partial charge in [-0.15, -0.1) is 0 Å². The maximum atomic E-state index is 12.8. The predicted molar refractivity (Wildman–Crippen MR) is 87.8 cm³/mol. The van der Waals surface area contributed by atoms with Crippen molar-refractivity contribution in [1.82, 2.24) is 19.4 Å². The summed E-state index contributed by atoms with van der Waals surface area (Å²) < 4.78 is 7.23. The molecule has 0 N–H and O–H groups in total. The van der Waals surface area contributed by atoms with Crippen molar-refractivity contribution in [3.63, 3.8) is 0 Å². The molecule has 2 aromatic heterocycles. The monoisotopic (exact) mass is 328 g/mol. The number of pyridine rings is 1. The minimum Gasteiger partial charge on any atom is -0.368 e. The first-order valence-corrected chi connectivity index (χ1v) is 7.84. The zero-order valence-electron chi connectivity index (χ0n) is 14.0. The minimum absolute atomic E-state index is 0.183. The lowest BCUT2D eigenvalue weighted by molar-refractivity contribution is -0.0249. The lowest BCUT2D eigenvalue weighted by atomic mass is 10.1. The lowest BCUT2D eigenvalue weighted by Gasteiger charge is -2.32. The summed E-state index contributed by atoms with van der Waals surface area (Å²) in [5, 5.41) is 0. The number of ether oxygens (including phenoxy) is 1. The van der Waals surface area contributed by atoms with Gasteiger partial charge in [0.25, 0.3) is 11.5 Å². The summed E-state index contributed by atoms with van der Waals surface area (Å²) in [5.41, 5.74) is 1.47. The molecule has 1 fully saturated rings. The highest BCUT2D eigenvalue weighted by Crippen LogP contribution is 2.21. The molecule has 7 heteroatoms. The molecule has 24 heavy (non-hydrogen) atoms. The SMILES string of the molecule is Cc1nccc([C@H]2CN(C(=O)c3ccc(C)n(C)c3=O)CCO2)n1. The van der Waals surface area contributed by atoms with Crippen LogP contribution in [-0.4, -0.2) is 45.0 Å². The molecule has 3 rings (SSSR count). The van der Waals surface area contributed by atoms with E-state index >= 15 is 0 Å². The normalized spacial score (nSPS) is 17.8. The number of amides is 1. The summed E-state index contributed by atoms with van der Waals surface area (Å²) in [6.45, 7) is 4.87. The Balaban J connectivity index is 1.83. The molecule has 0 aromatic carbocycles. The van der Waals surface area contributed by atoms with Crippen LogP contribution < -0.4 is 5.56 Å². The summed E-state index contributed by atoms with van der Waals surface area (Å²) in [6.07, 6.45) is 1.37. The third-order valence-electron chi connectivity index (χ3n) is 4.27.